The van der Waals surface area contributed by atoms with Gasteiger partial charge in [0.15, 0.2) is 0 Å². The highest BCUT2D eigenvalue weighted by atomic mass is 16.6. The third-order valence-electron chi connectivity index (χ3n) is 4.19. The molecule has 0 spiro atoms. The van der Waals surface area contributed by atoms with Gasteiger partial charge in [-0.1, -0.05) is 36.3 Å². The average molecular weight is 311 g/mol. The van der Waals surface area contributed by atoms with Crippen molar-refractivity contribution < 1.29 is 9.53 Å². The van der Waals surface area contributed by atoms with E-state index in [2.05, 4.69) is 12.1 Å². The monoisotopic (exact) mass is 311 g/mol. The molecule has 1 aliphatic rings. The minimum Gasteiger partial charge on any atom is -0.443 e. The number of carbonyl (C=O) groups excluding carboxylic acids is 1. The second-order valence-electron chi connectivity index (χ2n) is 7.32. The molecule has 0 aliphatic heterocycles. The van der Waals surface area contributed by atoms with Crippen LogP contribution in [-0.4, -0.2) is 16.3 Å². The summed E-state index contributed by atoms with van der Waals surface area (Å²) in [5.41, 5.74) is 3.01. The minimum absolute atomic E-state index is 0.318. The van der Waals surface area contributed by atoms with Crippen LogP contribution >= 0.6 is 0 Å². The number of carbonyl (C=O) groups is 1. The van der Waals surface area contributed by atoms with Crippen LogP contribution in [0.3, 0.4) is 0 Å². The molecule has 1 fully saturated rings. The smallest absolute Gasteiger partial charge is 0.419 e. The van der Waals surface area contributed by atoms with E-state index in [0.717, 1.165) is 16.5 Å². The maximum atomic E-state index is 12.5. The highest BCUT2D eigenvalue weighted by Gasteiger charge is 2.20. The molecule has 0 N–H and O–H groups in total. The van der Waals surface area contributed by atoms with Gasteiger partial charge < -0.3 is 4.74 Å². The largest absolute Gasteiger partial charge is 0.443 e. The number of hydrogen-bond donors (Lipinski definition) is 0. The highest BCUT2D eigenvalue weighted by molar-refractivity contribution is 5.95. The third kappa shape index (κ3) is 3.66. The van der Waals surface area contributed by atoms with Crippen LogP contribution in [0.15, 0.2) is 36.0 Å². The molecule has 1 aromatic heterocycles. The van der Waals surface area contributed by atoms with E-state index in [9.17, 15) is 4.79 Å². The summed E-state index contributed by atoms with van der Waals surface area (Å²) in [5.74, 6) is 0. The number of para-hydroxylation sites is 1. The third-order valence-corrected chi connectivity index (χ3v) is 4.19. The van der Waals surface area contributed by atoms with Gasteiger partial charge >= 0.3 is 6.09 Å². The summed E-state index contributed by atoms with van der Waals surface area (Å²) in [6, 6.07) is 8.03. The first kappa shape index (κ1) is 15.9. The molecule has 0 radical (unpaired) electrons. The lowest BCUT2D eigenvalue weighted by atomic mass is 9.93. The Bertz CT molecular complexity index is 739. The van der Waals surface area contributed by atoms with Crippen LogP contribution in [0.25, 0.3) is 17.0 Å². The predicted molar refractivity (Wildman–Crippen MR) is 94.6 cm³/mol. The normalized spacial score (nSPS) is 15.7. The van der Waals surface area contributed by atoms with Crippen molar-refractivity contribution in [2.45, 2.75) is 58.5 Å². The van der Waals surface area contributed by atoms with Gasteiger partial charge in [0.05, 0.1) is 5.52 Å². The predicted octanol–water partition coefficient (Wildman–Crippen LogP) is 5.77. The van der Waals surface area contributed by atoms with Crippen molar-refractivity contribution in [2.75, 3.05) is 0 Å². The molecule has 2 aromatic rings. The van der Waals surface area contributed by atoms with Crippen LogP contribution < -0.4 is 0 Å². The summed E-state index contributed by atoms with van der Waals surface area (Å²) in [5, 5.41) is 1.11. The van der Waals surface area contributed by atoms with Crippen LogP contribution in [0.5, 0.6) is 0 Å². The summed E-state index contributed by atoms with van der Waals surface area (Å²) in [6.45, 7) is 5.67. The Labute approximate surface area is 137 Å². The molecule has 0 unspecified atom stereocenters. The van der Waals surface area contributed by atoms with Crippen molar-refractivity contribution >= 4 is 23.1 Å². The Kier molecular flexibility index (Phi) is 4.29. The van der Waals surface area contributed by atoms with Gasteiger partial charge in [0.25, 0.3) is 0 Å². The molecular weight excluding hydrogens is 286 g/mol. The first-order chi connectivity index (χ1) is 10.9. The van der Waals surface area contributed by atoms with Gasteiger partial charge in [-0.3, -0.25) is 4.57 Å². The molecule has 122 valence electrons. The number of ether oxygens (including phenoxy) is 1. The first-order valence-electron chi connectivity index (χ1n) is 8.47. The fourth-order valence-corrected chi connectivity index (χ4v) is 3.15. The van der Waals surface area contributed by atoms with Crippen molar-refractivity contribution in [3.8, 4) is 0 Å². The number of rotatable bonds is 1. The number of hydrogen-bond acceptors (Lipinski definition) is 2. The van der Waals surface area contributed by atoms with E-state index < -0.39 is 5.60 Å². The summed E-state index contributed by atoms with van der Waals surface area (Å²) >= 11 is 0. The average Bonchev–Trinajstić information content (AvgIpc) is 2.86. The number of nitrogens with zero attached hydrogens (tertiary/aromatic N) is 1. The zero-order valence-corrected chi connectivity index (χ0v) is 14.3. The van der Waals surface area contributed by atoms with Gasteiger partial charge in [-0.2, -0.15) is 0 Å². The molecule has 1 aromatic carbocycles. The molecule has 1 aliphatic carbocycles. The maximum absolute atomic E-state index is 12.5. The molecule has 1 saturated carbocycles. The summed E-state index contributed by atoms with van der Waals surface area (Å²) < 4.78 is 7.17. The topological polar surface area (TPSA) is 31.2 Å². The van der Waals surface area contributed by atoms with Crippen molar-refractivity contribution in [1.82, 2.24) is 4.57 Å². The van der Waals surface area contributed by atoms with E-state index in [4.69, 9.17) is 4.74 Å². The van der Waals surface area contributed by atoms with Gasteiger partial charge in [0.2, 0.25) is 0 Å². The second-order valence-corrected chi connectivity index (χ2v) is 7.32. The lowest BCUT2D eigenvalue weighted by Gasteiger charge is -2.19. The minimum atomic E-state index is -0.496. The van der Waals surface area contributed by atoms with Crippen LogP contribution in [0.2, 0.25) is 0 Å². The Morgan fingerprint density at radius 2 is 1.83 bits per heavy atom. The van der Waals surface area contributed by atoms with Crippen LogP contribution in [0.1, 0.15) is 58.4 Å². The number of benzene rings is 1. The zero-order valence-electron chi connectivity index (χ0n) is 14.3. The molecule has 0 amide bonds. The number of fused-ring (bicyclic) bond motifs is 1. The van der Waals surface area contributed by atoms with Crippen molar-refractivity contribution in [3.05, 3.63) is 41.6 Å². The lowest BCUT2D eigenvalue weighted by molar-refractivity contribution is 0.0544. The Balaban J connectivity index is 2.01. The number of allylic oxidation sites excluding steroid dienone is 1. The molecule has 0 bridgehead atoms. The lowest BCUT2D eigenvalue weighted by Crippen LogP contribution is -2.26. The molecule has 1 heterocycles. The molecule has 0 atom stereocenters. The molecule has 3 heteroatoms. The quantitative estimate of drug-likeness (QED) is 0.669. The molecular formula is C20H25NO2. The van der Waals surface area contributed by atoms with Gasteiger partial charge in [-0.05, 0) is 52.5 Å². The highest BCUT2D eigenvalue weighted by Crippen LogP contribution is 2.29. The van der Waals surface area contributed by atoms with Crippen LogP contribution in [-0.2, 0) is 4.74 Å². The van der Waals surface area contributed by atoms with Crippen LogP contribution in [0, 0.1) is 0 Å². The van der Waals surface area contributed by atoms with Gasteiger partial charge in [-0.15, -0.1) is 0 Å². The standard InChI is InChI=1S/C20H25NO2/c1-20(2,3)23-19(22)21-14-16(13-15-9-5-4-6-10-15)17-11-7-8-12-18(17)21/h7-8,11-14H,4-6,9-10H2,1-3H3. The Morgan fingerprint density at radius 1 is 1.13 bits per heavy atom. The summed E-state index contributed by atoms with van der Waals surface area (Å²) in [4.78, 5) is 12.5. The molecule has 0 saturated heterocycles. The van der Waals surface area contributed by atoms with E-state index in [1.807, 2.05) is 45.2 Å². The van der Waals surface area contributed by atoms with E-state index in [1.54, 1.807) is 4.57 Å². The first-order valence-corrected chi connectivity index (χ1v) is 8.47. The second kappa shape index (κ2) is 6.23. The van der Waals surface area contributed by atoms with E-state index in [1.165, 1.54) is 37.7 Å². The van der Waals surface area contributed by atoms with Crippen LogP contribution in [0.4, 0.5) is 4.79 Å². The molecule has 3 nitrogen and oxygen atoms in total. The summed E-state index contributed by atoms with van der Waals surface area (Å²) in [6.07, 6.45) is 10.1. The fourth-order valence-electron chi connectivity index (χ4n) is 3.15. The Hall–Kier alpha value is -2.03. The summed E-state index contributed by atoms with van der Waals surface area (Å²) in [7, 11) is 0. The molecule has 3 rings (SSSR count). The van der Waals surface area contributed by atoms with Gasteiger partial charge in [0, 0.05) is 17.1 Å². The SMILES string of the molecule is CC(C)(C)OC(=O)n1cc(C=C2CCCCC2)c2ccccc21. The van der Waals surface area contributed by atoms with E-state index >= 15 is 0 Å². The van der Waals surface area contributed by atoms with Crippen molar-refractivity contribution in [3.63, 3.8) is 0 Å². The van der Waals surface area contributed by atoms with E-state index in [-0.39, 0.29) is 6.09 Å². The van der Waals surface area contributed by atoms with Crippen molar-refractivity contribution in [2.24, 2.45) is 0 Å². The zero-order chi connectivity index (χ0) is 16.4. The molecule has 23 heavy (non-hydrogen) atoms. The maximum Gasteiger partial charge on any atom is 0.419 e. The van der Waals surface area contributed by atoms with E-state index in [0.29, 0.717) is 0 Å². The van der Waals surface area contributed by atoms with Crippen molar-refractivity contribution in [1.29, 1.82) is 0 Å². The number of aromatic nitrogens is 1. The van der Waals surface area contributed by atoms with Gasteiger partial charge in [0.1, 0.15) is 5.60 Å². The van der Waals surface area contributed by atoms with Gasteiger partial charge in [-0.25, -0.2) is 4.79 Å². The fraction of sp³-hybridized carbons (Fsp3) is 0.450. The Morgan fingerprint density at radius 3 is 2.52 bits per heavy atom.